The van der Waals surface area contributed by atoms with E-state index < -0.39 is 15.8 Å². The lowest BCUT2D eigenvalue weighted by molar-refractivity contribution is 0.415. The summed E-state index contributed by atoms with van der Waals surface area (Å²) in [7, 11) is -2.28. The summed E-state index contributed by atoms with van der Waals surface area (Å²) < 4.78 is 41.7. The van der Waals surface area contributed by atoms with Crippen molar-refractivity contribution in [1.29, 1.82) is 0 Å². The molecule has 4 N–H and O–H groups in total. The number of nitrogens with two attached hydrogens (primary N) is 1. The first-order valence-corrected chi connectivity index (χ1v) is 10.2. The molecule has 0 bridgehead atoms. The number of methoxy groups -OCH3 is 1. The van der Waals surface area contributed by atoms with Gasteiger partial charge in [-0.2, -0.15) is 4.98 Å². The number of ether oxygens (including phenoxy) is 1. The number of aromatic nitrogens is 2. The molecule has 0 radical (unpaired) electrons. The molecule has 0 saturated carbocycles. The van der Waals surface area contributed by atoms with Gasteiger partial charge in [0.1, 0.15) is 5.75 Å². The lowest BCUT2D eigenvalue weighted by atomic mass is 10.1. The maximum atomic E-state index is 14.2. The van der Waals surface area contributed by atoms with Crippen LogP contribution < -0.4 is 20.5 Å². The molecule has 0 saturated heterocycles. The number of allylic oxidation sites excluding steroid dienone is 4. The van der Waals surface area contributed by atoms with Gasteiger partial charge in [0.2, 0.25) is 16.0 Å². The van der Waals surface area contributed by atoms with E-state index in [2.05, 4.69) is 20.6 Å². The van der Waals surface area contributed by atoms with Crippen molar-refractivity contribution >= 4 is 39.1 Å². The molecule has 1 heterocycles. The lowest BCUT2D eigenvalue weighted by Gasteiger charge is -2.13. The molecule has 1 aromatic carbocycles. The van der Waals surface area contributed by atoms with E-state index in [1.165, 1.54) is 7.11 Å². The molecule has 1 aliphatic carbocycles. The van der Waals surface area contributed by atoms with E-state index in [1.54, 1.807) is 36.4 Å². The van der Waals surface area contributed by atoms with Gasteiger partial charge in [-0.1, -0.05) is 17.7 Å². The SMILES string of the molecule is COc1cc(Nc2nc(NC3=CC(=CS(N)(=O)=O)CC=C3)ncc2F)ccc1Cl. The van der Waals surface area contributed by atoms with Crippen LogP contribution in [-0.4, -0.2) is 25.5 Å². The van der Waals surface area contributed by atoms with Gasteiger partial charge in [-0.15, -0.1) is 0 Å². The van der Waals surface area contributed by atoms with Crippen LogP contribution in [0.15, 0.2) is 59.3 Å². The number of nitrogens with one attached hydrogen (secondary N) is 2. The van der Waals surface area contributed by atoms with Crippen molar-refractivity contribution < 1.29 is 17.5 Å². The summed E-state index contributed by atoms with van der Waals surface area (Å²) in [5, 5.41) is 12.2. The van der Waals surface area contributed by atoms with Gasteiger partial charge in [0.05, 0.1) is 18.3 Å². The summed E-state index contributed by atoms with van der Waals surface area (Å²) in [6.45, 7) is 0. The molecule has 0 spiro atoms. The van der Waals surface area contributed by atoms with Gasteiger partial charge < -0.3 is 15.4 Å². The van der Waals surface area contributed by atoms with Crippen LogP contribution in [0.25, 0.3) is 0 Å². The Labute approximate surface area is 172 Å². The van der Waals surface area contributed by atoms with Crippen molar-refractivity contribution in [2.45, 2.75) is 6.42 Å². The van der Waals surface area contributed by atoms with Gasteiger partial charge in [0.25, 0.3) is 0 Å². The zero-order valence-electron chi connectivity index (χ0n) is 15.2. The molecule has 0 unspecified atom stereocenters. The van der Waals surface area contributed by atoms with Crippen LogP contribution in [0.5, 0.6) is 5.75 Å². The second-order valence-corrected chi connectivity index (χ2v) is 7.80. The number of primary sulfonamides is 1. The number of anilines is 3. The maximum absolute atomic E-state index is 14.2. The fraction of sp³-hybridized carbons (Fsp3) is 0.111. The standard InChI is InChI=1S/C18H17ClFN5O3S/c1-28-16-8-13(5-6-14(16)19)23-17-15(20)9-22-18(25-17)24-12-4-2-3-11(7-12)10-29(21,26)27/h2,4-10H,3H2,1H3,(H2,21,26,27)(H2,22,23,24,25). The summed E-state index contributed by atoms with van der Waals surface area (Å²) in [5.41, 5.74) is 1.54. The Kier molecular flexibility index (Phi) is 6.16. The molecule has 0 atom stereocenters. The molecule has 3 rings (SSSR count). The van der Waals surface area contributed by atoms with Crippen molar-refractivity contribution in [3.63, 3.8) is 0 Å². The molecular weight excluding hydrogens is 421 g/mol. The smallest absolute Gasteiger partial charge is 0.231 e. The molecule has 8 nitrogen and oxygen atoms in total. The van der Waals surface area contributed by atoms with Crippen LogP contribution >= 0.6 is 11.6 Å². The molecule has 11 heteroatoms. The normalized spacial score (nSPS) is 15.2. The van der Waals surface area contributed by atoms with Gasteiger partial charge in [-0.3, -0.25) is 0 Å². The zero-order valence-corrected chi connectivity index (χ0v) is 16.8. The topological polar surface area (TPSA) is 119 Å². The highest BCUT2D eigenvalue weighted by Gasteiger charge is 2.11. The van der Waals surface area contributed by atoms with Crippen LogP contribution in [-0.2, 0) is 10.0 Å². The van der Waals surface area contributed by atoms with Crippen molar-refractivity contribution in [3.8, 4) is 5.75 Å². The van der Waals surface area contributed by atoms with Crippen LogP contribution in [0, 0.1) is 5.82 Å². The molecule has 1 aromatic heterocycles. The van der Waals surface area contributed by atoms with E-state index >= 15 is 0 Å². The Bertz CT molecular complexity index is 1130. The van der Waals surface area contributed by atoms with E-state index in [1.807, 2.05) is 0 Å². The molecule has 0 fully saturated rings. The Balaban J connectivity index is 1.82. The molecule has 2 aromatic rings. The number of benzene rings is 1. The van der Waals surface area contributed by atoms with Gasteiger partial charge in [-0.05, 0) is 36.3 Å². The number of hydrogen-bond donors (Lipinski definition) is 3. The van der Waals surface area contributed by atoms with E-state index in [-0.39, 0.29) is 11.8 Å². The van der Waals surface area contributed by atoms with Crippen molar-refractivity contribution in [3.05, 3.63) is 70.1 Å². The molecule has 1 aliphatic rings. The van der Waals surface area contributed by atoms with E-state index in [4.69, 9.17) is 21.5 Å². The van der Waals surface area contributed by atoms with E-state index in [0.29, 0.717) is 34.2 Å². The highest BCUT2D eigenvalue weighted by Crippen LogP contribution is 2.29. The average Bonchev–Trinajstić information content (AvgIpc) is 2.65. The van der Waals surface area contributed by atoms with Gasteiger partial charge >= 0.3 is 0 Å². The minimum Gasteiger partial charge on any atom is -0.495 e. The summed E-state index contributed by atoms with van der Waals surface area (Å²) in [5.74, 6) is -0.182. The molecule has 152 valence electrons. The van der Waals surface area contributed by atoms with Crippen molar-refractivity contribution in [2.24, 2.45) is 5.14 Å². The van der Waals surface area contributed by atoms with Crippen LogP contribution in [0.4, 0.5) is 21.8 Å². The lowest BCUT2D eigenvalue weighted by Crippen LogP contribution is -2.10. The van der Waals surface area contributed by atoms with Crippen LogP contribution in [0.3, 0.4) is 0 Å². The number of sulfonamides is 1. The summed E-state index contributed by atoms with van der Waals surface area (Å²) in [6.07, 6.45) is 6.50. The number of nitrogens with zero attached hydrogens (tertiary/aromatic N) is 2. The first-order chi connectivity index (χ1) is 13.7. The van der Waals surface area contributed by atoms with E-state index in [9.17, 15) is 12.8 Å². The summed E-state index contributed by atoms with van der Waals surface area (Å²) in [4.78, 5) is 8.02. The Hall–Kier alpha value is -2.95. The maximum Gasteiger partial charge on any atom is 0.231 e. The Morgan fingerprint density at radius 2 is 2.14 bits per heavy atom. The van der Waals surface area contributed by atoms with Crippen LogP contribution in [0.1, 0.15) is 6.42 Å². The first-order valence-electron chi connectivity index (χ1n) is 8.25. The molecular formula is C18H17ClFN5O3S. The predicted octanol–water partition coefficient (Wildman–Crippen LogP) is 3.45. The highest BCUT2D eigenvalue weighted by molar-refractivity contribution is 7.92. The second kappa shape index (κ2) is 8.60. The van der Waals surface area contributed by atoms with Crippen molar-refractivity contribution in [1.82, 2.24) is 9.97 Å². The summed E-state index contributed by atoms with van der Waals surface area (Å²) in [6, 6.07) is 4.86. The number of halogens is 2. The largest absolute Gasteiger partial charge is 0.495 e. The fourth-order valence-electron chi connectivity index (χ4n) is 2.52. The minimum absolute atomic E-state index is 0.0624. The number of hydrogen-bond acceptors (Lipinski definition) is 7. The highest BCUT2D eigenvalue weighted by atomic mass is 35.5. The minimum atomic E-state index is -3.75. The molecule has 29 heavy (non-hydrogen) atoms. The first kappa shape index (κ1) is 20.8. The zero-order chi connectivity index (χ0) is 21.0. The average molecular weight is 438 g/mol. The third-order valence-corrected chi connectivity index (χ3v) is 4.67. The van der Waals surface area contributed by atoms with Gasteiger partial charge in [0.15, 0.2) is 11.6 Å². The van der Waals surface area contributed by atoms with Gasteiger partial charge in [0, 0.05) is 22.9 Å². The monoisotopic (exact) mass is 437 g/mol. The van der Waals surface area contributed by atoms with Gasteiger partial charge in [-0.25, -0.2) is 22.9 Å². The molecule has 0 aliphatic heterocycles. The fourth-order valence-corrected chi connectivity index (χ4v) is 3.30. The second-order valence-electron chi connectivity index (χ2n) is 5.98. The Morgan fingerprint density at radius 3 is 2.86 bits per heavy atom. The van der Waals surface area contributed by atoms with Crippen LogP contribution in [0.2, 0.25) is 5.02 Å². The van der Waals surface area contributed by atoms with E-state index in [0.717, 1.165) is 11.6 Å². The predicted molar refractivity (Wildman–Crippen MR) is 110 cm³/mol. The van der Waals surface area contributed by atoms with Crippen molar-refractivity contribution in [2.75, 3.05) is 17.7 Å². The number of rotatable bonds is 6. The quantitative estimate of drug-likeness (QED) is 0.633. The molecule has 0 amide bonds. The third kappa shape index (κ3) is 5.76. The Morgan fingerprint density at radius 1 is 1.34 bits per heavy atom. The third-order valence-electron chi connectivity index (χ3n) is 3.72. The summed E-state index contributed by atoms with van der Waals surface area (Å²) >= 11 is 5.99.